The van der Waals surface area contributed by atoms with Gasteiger partial charge in [0.2, 0.25) is 17.9 Å². The summed E-state index contributed by atoms with van der Waals surface area (Å²) < 4.78 is 27.1. The van der Waals surface area contributed by atoms with E-state index < -0.39 is 7.59 Å². The fourth-order valence-corrected chi connectivity index (χ4v) is 4.06. The highest BCUT2D eigenvalue weighted by atomic mass is 31.2. The van der Waals surface area contributed by atoms with Gasteiger partial charge in [-0.3, -0.25) is 0 Å². The molecular weight excluding hydrogens is 353 g/mol. The Hall–Kier alpha value is -1.96. The molecule has 0 aromatic heterocycles. The van der Waals surface area contributed by atoms with Gasteiger partial charge >= 0.3 is 7.59 Å². The number of hydrogen-bond acceptors (Lipinski definition) is 1. The summed E-state index contributed by atoms with van der Waals surface area (Å²) in [6.45, 7) is 0. The van der Waals surface area contributed by atoms with Crippen LogP contribution in [-0.2, 0) is 4.57 Å². The van der Waals surface area contributed by atoms with Crippen molar-refractivity contribution < 1.29 is 4.57 Å². The van der Waals surface area contributed by atoms with Crippen molar-refractivity contribution in [3.8, 4) is 0 Å². The van der Waals surface area contributed by atoms with Gasteiger partial charge in [0.05, 0.1) is 0 Å². The lowest BCUT2D eigenvalue weighted by atomic mass is 10.7. The number of hydrogen-bond donors (Lipinski definition) is 0. The van der Waals surface area contributed by atoms with Crippen molar-refractivity contribution in [3.05, 3.63) is 0 Å². The summed E-state index contributed by atoms with van der Waals surface area (Å²) in [4.78, 5) is 10.7. The van der Waals surface area contributed by atoms with Gasteiger partial charge in [-0.05, 0) is 0 Å². The lowest BCUT2D eigenvalue weighted by Gasteiger charge is -2.27. The molecule has 152 valence electrons. The average molecular weight is 389 g/mol. The summed E-state index contributed by atoms with van der Waals surface area (Å²) in [7, 11) is 18.4. The lowest BCUT2D eigenvalue weighted by Crippen LogP contribution is -2.37. The summed E-state index contributed by atoms with van der Waals surface area (Å²) in [5, 5.41) is 0. The molecule has 0 aliphatic carbocycles. The van der Waals surface area contributed by atoms with Crippen molar-refractivity contribution in [1.29, 1.82) is 0 Å². The van der Waals surface area contributed by atoms with Crippen molar-refractivity contribution in [2.45, 2.75) is 0 Å². The van der Waals surface area contributed by atoms with Crippen LogP contribution >= 0.6 is 7.59 Å². The van der Waals surface area contributed by atoms with Crippen LogP contribution in [0.3, 0.4) is 0 Å². The van der Waals surface area contributed by atoms with Crippen LogP contribution in [0.2, 0.25) is 0 Å². The Morgan fingerprint density at radius 3 is 0.731 bits per heavy atom. The molecule has 11 heteroatoms. The second-order valence-corrected chi connectivity index (χ2v) is 8.71. The van der Waals surface area contributed by atoms with Crippen LogP contribution in [0.1, 0.15) is 0 Å². The standard InChI is InChI=1S/C15H36N9OP/c1-19(2)13(20(3)4)16-26(25,17-14(21(5)6)22(7)8)18-15(23(9)10)24(11)12/h1-12H3. The van der Waals surface area contributed by atoms with Crippen LogP contribution in [0.15, 0.2) is 14.3 Å². The number of rotatable bonds is 3. The molecule has 0 rings (SSSR count). The molecule has 0 amide bonds. The fraction of sp³-hybridized carbons (Fsp3) is 0.800. The molecule has 0 atom stereocenters. The van der Waals surface area contributed by atoms with E-state index in [2.05, 4.69) is 14.3 Å². The van der Waals surface area contributed by atoms with Crippen LogP contribution in [0.5, 0.6) is 0 Å². The molecule has 26 heavy (non-hydrogen) atoms. The summed E-state index contributed by atoms with van der Waals surface area (Å²) in [5.41, 5.74) is 0. The van der Waals surface area contributed by atoms with Crippen molar-refractivity contribution in [3.63, 3.8) is 0 Å². The highest BCUT2D eigenvalue weighted by Crippen LogP contribution is 2.52. The van der Waals surface area contributed by atoms with Crippen molar-refractivity contribution in [2.24, 2.45) is 14.3 Å². The minimum absolute atomic E-state index is 0.523. The van der Waals surface area contributed by atoms with E-state index in [-0.39, 0.29) is 0 Å². The van der Waals surface area contributed by atoms with Gasteiger partial charge in [-0.2, -0.15) is 14.3 Å². The minimum Gasteiger partial charge on any atom is -0.349 e. The monoisotopic (exact) mass is 389 g/mol. The highest BCUT2D eigenvalue weighted by Gasteiger charge is 2.27. The van der Waals surface area contributed by atoms with Gasteiger partial charge in [0.15, 0.2) is 0 Å². The van der Waals surface area contributed by atoms with E-state index in [1.54, 1.807) is 29.4 Å². The Kier molecular flexibility index (Phi) is 8.93. The zero-order valence-electron chi connectivity index (χ0n) is 18.4. The van der Waals surface area contributed by atoms with E-state index in [4.69, 9.17) is 0 Å². The van der Waals surface area contributed by atoms with E-state index in [0.717, 1.165) is 0 Å². The molecule has 10 nitrogen and oxygen atoms in total. The largest absolute Gasteiger partial charge is 0.424 e. The van der Waals surface area contributed by atoms with Crippen molar-refractivity contribution >= 4 is 25.5 Å². The molecule has 0 aromatic carbocycles. The van der Waals surface area contributed by atoms with E-state index in [1.807, 2.05) is 84.6 Å². The SMILES string of the molecule is CN(C)C(=NP(=O)(N=C(N(C)C)N(C)C)N=C(N(C)C)N(C)C)N(C)C. The van der Waals surface area contributed by atoms with Gasteiger partial charge in [-0.1, -0.05) is 0 Å². The van der Waals surface area contributed by atoms with Crippen LogP contribution < -0.4 is 0 Å². The minimum atomic E-state index is -3.70. The first-order valence-corrected chi connectivity index (χ1v) is 9.73. The van der Waals surface area contributed by atoms with Crippen LogP contribution in [-0.4, -0.2) is 132 Å². The van der Waals surface area contributed by atoms with Gasteiger partial charge in [0.25, 0.3) is 0 Å². The predicted octanol–water partition coefficient (Wildman–Crippen LogP) is 0.532. The second kappa shape index (κ2) is 9.66. The summed E-state index contributed by atoms with van der Waals surface area (Å²) >= 11 is 0. The van der Waals surface area contributed by atoms with Crippen molar-refractivity contribution in [2.75, 3.05) is 84.6 Å². The second-order valence-electron chi connectivity index (χ2n) is 7.08. The highest BCUT2D eigenvalue weighted by molar-refractivity contribution is 7.60. The fourth-order valence-electron chi connectivity index (χ4n) is 2.15. The summed E-state index contributed by atoms with van der Waals surface area (Å²) in [5.74, 6) is 1.57. The lowest BCUT2D eigenvalue weighted by molar-refractivity contribution is 0.476. The molecule has 0 heterocycles. The molecule has 0 spiro atoms. The van der Waals surface area contributed by atoms with E-state index >= 15 is 0 Å². The quantitative estimate of drug-likeness (QED) is 0.396. The van der Waals surface area contributed by atoms with Crippen LogP contribution in [0.25, 0.3) is 0 Å². The molecule has 0 fully saturated rings. The van der Waals surface area contributed by atoms with Gasteiger partial charge in [-0.15, -0.1) is 0 Å². The normalized spacial score (nSPS) is 10.5. The first-order chi connectivity index (χ1) is 11.7. The molecule has 0 aliphatic rings. The summed E-state index contributed by atoms with van der Waals surface area (Å²) in [6, 6.07) is 0. The zero-order valence-corrected chi connectivity index (χ0v) is 19.3. The number of nitrogens with zero attached hydrogens (tertiary/aromatic N) is 9. The maximum atomic E-state index is 13.7. The first-order valence-electron chi connectivity index (χ1n) is 8.16. The van der Waals surface area contributed by atoms with Crippen molar-refractivity contribution in [1.82, 2.24) is 29.4 Å². The Balaban J connectivity index is 6.72. The van der Waals surface area contributed by atoms with Crippen LogP contribution in [0, 0.1) is 0 Å². The molecule has 0 radical (unpaired) electrons. The third kappa shape index (κ3) is 7.11. The number of guanidine groups is 3. The van der Waals surface area contributed by atoms with E-state index in [1.165, 1.54) is 0 Å². The Labute approximate surface area is 159 Å². The zero-order chi connectivity index (χ0) is 20.8. The molecule has 0 bridgehead atoms. The topological polar surface area (TPSA) is 73.6 Å². The maximum Gasteiger partial charge on any atom is 0.424 e. The van der Waals surface area contributed by atoms with E-state index in [9.17, 15) is 4.57 Å². The van der Waals surface area contributed by atoms with Gasteiger partial charge in [0, 0.05) is 84.6 Å². The molecule has 0 unspecified atom stereocenters. The van der Waals surface area contributed by atoms with Gasteiger partial charge in [0.1, 0.15) is 0 Å². The Bertz CT molecular complexity index is 481. The van der Waals surface area contributed by atoms with Gasteiger partial charge < -0.3 is 29.4 Å². The molecule has 0 saturated carbocycles. The maximum absolute atomic E-state index is 13.7. The average Bonchev–Trinajstić information content (AvgIpc) is 2.46. The smallest absolute Gasteiger partial charge is 0.349 e. The third-order valence-corrected chi connectivity index (χ3v) is 4.38. The Morgan fingerprint density at radius 1 is 0.462 bits per heavy atom. The molecular formula is C15H36N9OP. The molecule has 0 N–H and O–H groups in total. The predicted molar refractivity (Wildman–Crippen MR) is 112 cm³/mol. The molecule has 0 aliphatic heterocycles. The molecule has 0 saturated heterocycles. The first kappa shape index (κ1) is 24.0. The van der Waals surface area contributed by atoms with E-state index in [0.29, 0.717) is 17.9 Å². The third-order valence-electron chi connectivity index (χ3n) is 3.06. The Morgan fingerprint density at radius 2 is 0.615 bits per heavy atom. The van der Waals surface area contributed by atoms with Gasteiger partial charge in [-0.25, -0.2) is 4.57 Å². The van der Waals surface area contributed by atoms with Crippen LogP contribution in [0.4, 0.5) is 0 Å². The molecule has 0 aromatic rings. The summed E-state index contributed by atoms with van der Waals surface area (Å²) in [6.07, 6.45) is 0.